The minimum absolute atomic E-state index is 0.591. The van der Waals surface area contributed by atoms with Crippen LogP contribution < -0.4 is 0 Å². The van der Waals surface area contributed by atoms with E-state index in [4.69, 9.17) is 0 Å². The van der Waals surface area contributed by atoms with Crippen molar-refractivity contribution in [2.45, 2.75) is 32.3 Å². The molecular formula is C9H16N2O. The fraction of sp³-hybridized carbons (Fsp3) is 0.667. The summed E-state index contributed by atoms with van der Waals surface area (Å²) >= 11 is 0. The molecule has 0 saturated carbocycles. The number of hydrogen-bond acceptors (Lipinski definition) is 2. The zero-order chi connectivity index (χ0) is 9.19. The first-order valence-corrected chi connectivity index (χ1v) is 4.17. The Kier molecular flexibility index (Phi) is 2.52. The summed E-state index contributed by atoms with van der Waals surface area (Å²) in [6.45, 7) is 3.63. The maximum atomic E-state index is 9.47. The van der Waals surface area contributed by atoms with E-state index in [1.165, 1.54) is 0 Å². The smallest absolute Gasteiger partial charge is 0.108 e. The van der Waals surface area contributed by atoms with Crippen molar-refractivity contribution in [3.8, 4) is 0 Å². The van der Waals surface area contributed by atoms with Crippen molar-refractivity contribution in [2.24, 2.45) is 7.05 Å². The number of aromatic nitrogens is 2. The summed E-state index contributed by atoms with van der Waals surface area (Å²) in [7, 11) is 1.96. The number of rotatable bonds is 3. The molecule has 12 heavy (non-hydrogen) atoms. The molecule has 0 bridgehead atoms. The number of imidazole rings is 1. The molecule has 3 heteroatoms. The summed E-state index contributed by atoms with van der Waals surface area (Å²) < 4.78 is 1.98. The Morgan fingerprint density at radius 1 is 1.58 bits per heavy atom. The predicted octanol–water partition coefficient (Wildman–Crippen LogP) is 1.12. The molecule has 0 saturated heterocycles. The Morgan fingerprint density at radius 3 is 2.67 bits per heavy atom. The molecule has 0 atom stereocenters. The molecule has 0 aromatic carbocycles. The fourth-order valence-corrected chi connectivity index (χ4v) is 1.06. The minimum atomic E-state index is -0.591. The second-order valence-electron chi connectivity index (χ2n) is 3.77. The molecule has 1 N–H and O–H groups in total. The van der Waals surface area contributed by atoms with Gasteiger partial charge in [0, 0.05) is 25.9 Å². The van der Waals surface area contributed by atoms with Crippen molar-refractivity contribution >= 4 is 0 Å². The van der Waals surface area contributed by atoms with Crippen molar-refractivity contribution in [1.29, 1.82) is 0 Å². The summed E-state index contributed by atoms with van der Waals surface area (Å²) in [4.78, 5) is 4.17. The third kappa shape index (κ3) is 2.66. The molecule has 0 radical (unpaired) electrons. The van der Waals surface area contributed by atoms with Gasteiger partial charge in [-0.3, -0.25) is 0 Å². The average Bonchev–Trinajstić information content (AvgIpc) is 2.29. The van der Waals surface area contributed by atoms with Gasteiger partial charge in [0.15, 0.2) is 0 Å². The highest BCUT2D eigenvalue weighted by Crippen LogP contribution is 2.11. The monoisotopic (exact) mass is 168 g/mol. The van der Waals surface area contributed by atoms with Crippen molar-refractivity contribution in [3.05, 3.63) is 18.2 Å². The molecule has 68 valence electrons. The zero-order valence-corrected chi connectivity index (χ0v) is 7.91. The number of aryl methyl sites for hydroxylation is 2. The molecule has 0 aliphatic carbocycles. The summed E-state index contributed by atoms with van der Waals surface area (Å²) in [5.74, 6) is 1.03. The van der Waals surface area contributed by atoms with Crippen molar-refractivity contribution in [3.63, 3.8) is 0 Å². The lowest BCUT2D eigenvalue weighted by atomic mass is 10.0. The van der Waals surface area contributed by atoms with Gasteiger partial charge < -0.3 is 9.67 Å². The topological polar surface area (TPSA) is 38.0 Å². The van der Waals surface area contributed by atoms with Crippen molar-refractivity contribution in [1.82, 2.24) is 9.55 Å². The first-order chi connectivity index (χ1) is 5.49. The first kappa shape index (κ1) is 9.26. The standard InChI is InChI=1S/C9H16N2O/c1-9(2,12)5-4-8-10-6-7-11(8)3/h6-7,12H,4-5H2,1-3H3. The van der Waals surface area contributed by atoms with Crippen LogP contribution in [0.4, 0.5) is 0 Å². The van der Waals surface area contributed by atoms with Crippen molar-refractivity contribution in [2.75, 3.05) is 0 Å². The molecule has 1 rings (SSSR count). The third-order valence-corrected chi connectivity index (χ3v) is 1.88. The average molecular weight is 168 g/mol. The molecule has 0 fully saturated rings. The fourth-order valence-electron chi connectivity index (χ4n) is 1.06. The van der Waals surface area contributed by atoms with E-state index in [9.17, 15) is 5.11 Å². The molecule has 0 aliphatic rings. The zero-order valence-electron chi connectivity index (χ0n) is 7.91. The molecule has 3 nitrogen and oxygen atoms in total. The lowest BCUT2D eigenvalue weighted by Gasteiger charge is -2.16. The minimum Gasteiger partial charge on any atom is -0.390 e. The number of nitrogens with zero attached hydrogens (tertiary/aromatic N) is 2. The van der Waals surface area contributed by atoms with Gasteiger partial charge in [0.25, 0.3) is 0 Å². The van der Waals surface area contributed by atoms with E-state index < -0.39 is 5.60 Å². The van der Waals surface area contributed by atoms with Crippen LogP contribution in [0.25, 0.3) is 0 Å². The van der Waals surface area contributed by atoms with Gasteiger partial charge in [0.1, 0.15) is 5.82 Å². The Hall–Kier alpha value is -0.830. The molecule has 1 aromatic rings. The van der Waals surface area contributed by atoms with Crippen LogP contribution in [0.5, 0.6) is 0 Å². The second kappa shape index (κ2) is 3.27. The molecule has 1 heterocycles. The van der Waals surface area contributed by atoms with E-state index in [2.05, 4.69) is 4.98 Å². The van der Waals surface area contributed by atoms with Gasteiger partial charge >= 0.3 is 0 Å². The maximum absolute atomic E-state index is 9.47. The van der Waals surface area contributed by atoms with Gasteiger partial charge in [-0.05, 0) is 20.3 Å². The Bertz CT molecular complexity index is 247. The van der Waals surface area contributed by atoms with Gasteiger partial charge in [-0.25, -0.2) is 4.98 Å². The molecule has 0 unspecified atom stereocenters. The third-order valence-electron chi connectivity index (χ3n) is 1.88. The lowest BCUT2D eigenvalue weighted by Crippen LogP contribution is -2.20. The molecule has 0 aliphatic heterocycles. The normalized spacial score (nSPS) is 12.0. The van der Waals surface area contributed by atoms with Crippen LogP contribution in [0.15, 0.2) is 12.4 Å². The van der Waals surface area contributed by atoms with E-state index in [0.29, 0.717) is 0 Å². The Morgan fingerprint density at radius 2 is 2.25 bits per heavy atom. The molecule has 1 aromatic heterocycles. The predicted molar refractivity (Wildman–Crippen MR) is 47.8 cm³/mol. The van der Waals surface area contributed by atoms with Crippen molar-refractivity contribution < 1.29 is 5.11 Å². The van der Waals surface area contributed by atoms with E-state index in [-0.39, 0.29) is 0 Å². The Balaban J connectivity index is 2.49. The van der Waals surface area contributed by atoms with E-state index >= 15 is 0 Å². The van der Waals surface area contributed by atoms with Crippen LogP contribution in [0.1, 0.15) is 26.1 Å². The highest BCUT2D eigenvalue weighted by atomic mass is 16.3. The van der Waals surface area contributed by atoms with Gasteiger partial charge in [-0.1, -0.05) is 0 Å². The summed E-state index contributed by atoms with van der Waals surface area (Å²) in [5.41, 5.74) is -0.591. The van der Waals surface area contributed by atoms with Crippen LogP contribution in [0, 0.1) is 0 Å². The van der Waals surface area contributed by atoms with Crippen LogP contribution in [-0.4, -0.2) is 20.3 Å². The van der Waals surface area contributed by atoms with Crippen LogP contribution in [-0.2, 0) is 13.5 Å². The highest BCUT2D eigenvalue weighted by Gasteiger charge is 2.13. The number of hydrogen-bond donors (Lipinski definition) is 1. The largest absolute Gasteiger partial charge is 0.390 e. The van der Waals surface area contributed by atoms with E-state index in [1.54, 1.807) is 6.20 Å². The van der Waals surface area contributed by atoms with E-state index in [1.807, 2.05) is 31.7 Å². The maximum Gasteiger partial charge on any atom is 0.108 e. The highest BCUT2D eigenvalue weighted by molar-refractivity contribution is 4.92. The van der Waals surface area contributed by atoms with Gasteiger partial charge in [0.2, 0.25) is 0 Å². The lowest BCUT2D eigenvalue weighted by molar-refractivity contribution is 0.0706. The molecule has 0 amide bonds. The summed E-state index contributed by atoms with van der Waals surface area (Å²) in [5, 5.41) is 9.47. The number of aliphatic hydroxyl groups is 1. The van der Waals surface area contributed by atoms with Crippen LogP contribution in [0.3, 0.4) is 0 Å². The molecular weight excluding hydrogens is 152 g/mol. The van der Waals surface area contributed by atoms with Crippen LogP contribution >= 0.6 is 0 Å². The van der Waals surface area contributed by atoms with Gasteiger partial charge in [0.05, 0.1) is 5.60 Å². The SMILES string of the molecule is Cn1ccnc1CCC(C)(C)O. The quantitative estimate of drug-likeness (QED) is 0.734. The van der Waals surface area contributed by atoms with E-state index in [0.717, 1.165) is 18.7 Å². The summed E-state index contributed by atoms with van der Waals surface area (Å²) in [6, 6.07) is 0. The first-order valence-electron chi connectivity index (χ1n) is 4.17. The summed E-state index contributed by atoms with van der Waals surface area (Å²) in [6.07, 6.45) is 5.27. The Labute approximate surface area is 73.1 Å². The van der Waals surface area contributed by atoms with Crippen LogP contribution in [0.2, 0.25) is 0 Å². The second-order valence-corrected chi connectivity index (χ2v) is 3.77. The molecule has 0 spiro atoms. The van der Waals surface area contributed by atoms with Gasteiger partial charge in [-0.2, -0.15) is 0 Å². The van der Waals surface area contributed by atoms with Gasteiger partial charge in [-0.15, -0.1) is 0 Å².